The molecule has 6 nitrogen and oxygen atoms in total. The Balaban J connectivity index is 1.59. The van der Waals surface area contributed by atoms with Gasteiger partial charge in [-0.05, 0) is 37.2 Å². The predicted octanol–water partition coefficient (Wildman–Crippen LogP) is 3.39. The largest absolute Gasteiger partial charge is 0.439 e. The van der Waals surface area contributed by atoms with Gasteiger partial charge in [0.25, 0.3) is 0 Å². The maximum atomic E-state index is 6.03. The minimum Gasteiger partial charge on any atom is -0.439 e. The topological polar surface area (TPSA) is 68.3 Å². The van der Waals surface area contributed by atoms with E-state index in [9.17, 15) is 0 Å². The summed E-state index contributed by atoms with van der Waals surface area (Å²) < 4.78 is 11.2. The monoisotopic (exact) mass is 364 g/mol. The first-order valence-corrected chi connectivity index (χ1v) is 8.41. The highest BCUT2D eigenvalue weighted by Gasteiger charge is 2.15. The van der Waals surface area contributed by atoms with E-state index >= 15 is 0 Å². The molecule has 0 saturated carbocycles. The van der Waals surface area contributed by atoms with Crippen molar-refractivity contribution in [2.24, 2.45) is 0 Å². The number of thiocarbonyl (C=S) groups is 1. The number of hydrogen-bond acceptors (Lipinski definition) is 5. The summed E-state index contributed by atoms with van der Waals surface area (Å²) in [5.74, 6) is 1.28. The van der Waals surface area contributed by atoms with Crippen molar-refractivity contribution in [1.82, 2.24) is 15.3 Å². The number of para-hydroxylation sites is 1. The van der Waals surface area contributed by atoms with Crippen molar-refractivity contribution in [2.45, 2.75) is 18.9 Å². The van der Waals surface area contributed by atoms with Crippen LogP contribution in [-0.2, 0) is 4.74 Å². The molecule has 24 heavy (non-hydrogen) atoms. The average Bonchev–Trinajstić information content (AvgIpc) is 3.07. The maximum absolute atomic E-state index is 6.03. The van der Waals surface area contributed by atoms with Crippen LogP contribution in [0.2, 0.25) is 5.15 Å². The van der Waals surface area contributed by atoms with Gasteiger partial charge in [-0.2, -0.15) is 4.98 Å². The number of anilines is 1. The van der Waals surface area contributed by atoms with E-state index in [2.05, 4.69) is 20.6 Å². The molecule has 0 amide bonds. The van der Waals surface area contributed by atoms with Crippen LogP contribution in [0.5, 0.6) is 11.6 Å². The van der Waals surface area contributed by atoms with Crippen LogP contribution in [-0.4, -0.2) is 34.3 Å². The van der Waals surface area contributed by atoms with Gasteiger partial charge < -0.3 is 20.1 Å². The fourth-order valence-electron chi connectivity index (χ4n) is 2.27. The lowest BCUT2D eigenvalue weighted by Gasteiger charge is -2.13. The number of halogens is 1. The third-order valence-corrected chi connectivity index (χ3v) is 3.82. The zero-order chi connectivity index (χ0) is 16.8. The fourth-order valence-corrected chi connectivity index (χ4v) is 2.62. The Bertz CT molecular complexity index is 696. The minimum atomic E-state index is 0.196. The molecule has 0 radical (unpaired) electrons. The zero-order valence-electron chi connectivity index (χ0n) is 12.9. The summed E-state index contributed by atoms with van der Waals surface area (Å²) in [6, 6.07) is 10.9. The van der Waals surface area contributed by atoms with Gasteiger partial charge in [0.2, 0.25) is 11.8 Å². The van der Waals surface area contributed by atoms with Crippen molar-refractivity contribution in [3.63, 3.8) is 0 Å². The number of benzene rings is 1. The lowest BCUT2D eigenvalue weighted by atomic mass is 10.2. The van der Waals surface area contributed by atoms with Crippen LogP contribution in [0.3, 0.4) is 0 Å². The summed E-state index contributed by atoms with van der Waals surface area (Å²) in [5, 5.41) is 6.68. The summed E-state index contributed by atoms with van der Waals surface area (Å²) in [5.41, 5.74) is 0. The highest BCUT2D eigenvalue weighted by molar-refractivity contribution is 7.80. The van der Waals surface area contributed by atoms with Crippen molar-refractivity contribution in [1.29, 1.82) is 0 Å². The molecule has 0 bridgehead atoms. The predicted molar refractivity (Wildman–Crippen MR) is 96.8 cm³/mol. The van der Waals surface area contributed by atoms with E-state index in [1.165, 1.54) is 0 Å². The second kappa shape index (κ2) is 8.23. The van der Waals surface area contributed by atoms with Gasteiger partial charge in [-0.3, -0.25) is 0 Å². The van der Waals surface area contributed by atoms with Crippen molar-refractivity contribution >= 4 is 34.9 Å². The van der Waals surface area contributed by atoms with Crippen LogP contribution < -0.4 is 15.4 Å². The Morgan fingerprint density at radius 2 is 2.17 bits per heavy atom. The van der Waals surface area contributed by atoms with Gasteiger partial charge >= 0.3 is 0 Å². The molecule has 1 saturated heterocycles. The Morgan fingerprint density at radius 3 is 2.92 bits per heavy atom. The first kappa shape index (κ1) is 16.9. The standard InChI is InChI=1S/C16H17ClN4O2S/c17-13-9-14(23-11-5-2-1-3-6-11)20-15(19-13)21-16(24)18-10-12-7-4-8-22-12/h1-3,5-6,9,12H,4,7-8,10H2,(H2,18,19,20,21,24)/t12-/m1/s1. The molecule has 0 unspecified atom stereocenters. The Labute approximate surface area is 150 Å². The molecule has 1 atom stereocenters. The SMILES string of the molecule is S=C(NC[C@H]1CCCO1)Nc1nc(Cl)cc(Oc2ccccc2)n1. The smallest absolute Gasteiger partial charge is 0.233 e. The van der Waals surface area contributed by atoms with E-state index in [0.717, 1.165) is 19.4 Å². The Morgan fingerprint density at radius 1 is 1.33 bits per heavy atom. The van der Waals surface area contributed by atoms with Crippen molar-refractivity contribution < 1.29 is 9.47 Å². The van der Waals surface area contributed by atoms with Gasteiger partial charge in [-0.15, -0.1) is 0 Å². The van der Waals surface area contributed by atoms with E-state index < -0.39 is 0 Å². The van der Waals surface area contributed by atoms with Gasteiger partial charge in [0.15, 0.2) is 5.11 Å². The fraction of sp³-hybridized carbons (Fsp3) is 0.312. The summed E-state index contributed by atoms with van der Waals surface area (Å²) in [6.07, 6.45) is 2.32. The molecule has 2 N–H and O–H groups in total. The minimum absolute atomic E-state index is 0.196. The zero-order valence-corrected chi connectivity index (χ0v) is 14.4. The summed E-state index contributed by atoms with van der Waals surface area (Å²) in [6.45, 7) is 1.46. The molecule has 1 aliphatic heterocycles. The quantitative estimate of drug-likeness (QED) is 0.622. The maximum Gasteiger partial charge on any atom is 0.233 e. The molecule has 1 aliphatic rings. The van der Waals surface area contributed by atoms with Crippen LogP contribution in [0, 0.1) is 0 Å². The van der Waals surface area contributed by atoms with Crippen LogP contribution in [0.25, 0.3) is 0 Å². The normalized spacial score (nSPS) is 16.6. The highest BCUT2D eigenvalue weighted by Crippen LogP contribution is 2.22. The van der Waals surface area contributed by atoms with Crippen LogP contribution in [0.15, 0.2) is 36.4 Å². The molecule has 1 aromatic heterocycles. The van der Waals surface area contributed by atoms with Crippen molar-refractivity contribution in [2.75, 3.05) is 18.5 Å². The van der Waals surface area contributed by atoms with Gasteiger partial charge in [0.1, 0.15) is 10.9 Å². The number of rotatable bonds is 5. The molecule has 1 fully saturated rings. The van der Waals surface area contributed by atoms with Crippen molar-refractivity contribution in [3.05, 3.63) is 41.6 Å². The summed E-state index contributed by atoms with van der Waals surface area (Å²) in [7, 11) is 0. The molecule has 2 heterocycles. The molecule has 1 aromatic carbocycles. The van der Waals surface area contributed by atoms with Crippen LogP contribution >= 0.6 is 23.8 Å². The van der Waals surface area contributed by atoms with E-state index in [1.54, 1.807) is 6.07 Å². The third-order valence-electron chi connectivity index (χ3n) is 3.38. The second-order valence-corrected chi connectivity index (χ2v) is 6.03. The van der Waals surface area contributed by atoms with E-state index in [1.807, 2.05) is 30.3 Å². The van der Waals surface area contributed by atoms with Crippen LogP contribution in [0.1, 0.15) is 12.8 Å². The first-order valence-electron chi connectivity index (χ1n) is 7.63. The Hall–Kier alpha value is -1.96. The van der Waals surface area contributed by atoms with Gasteiger partial charge in [-0.1, -0.05) is 29.8 Å². The third kappa shape index (κ3) is 5.02. The number of ether oxygens (including phenoxy) is 2. The number of hydrogen-bond donors (Lipinski definition) is 2. The van der Waals surface area contributed by atoms with Gasteiger partial charge in [0, 0.05) is 19.2 Å². The summed E-state index contributed by atoms with van der Waals surface area (Å²) in [4.78, 5) is 8.36. The molecule has 2 aromatic rings. The van der Waals surface area contributed by atoms with Gasteiger partial charge in [-0.25, -0.2) is 4.98 Å². The van der Waals surface area contributed by atoms with Crippen molar-refractivity contribution in [3.8, 4) is 11.6 Å². The van der Waals surface area contributed by atoms with Gasteiger partial charge in [0.05, 0.1) is 6.10 Å². The number of aromatic nitrogens is 2. The van der Waals surface area contributed by atoms with E-state index in [0.29, 0.717) is 23.3 Å². The molecule has 3 rings (SSSR count). The highest BCUT2D eigenvalue weighted by atomic mass is 35.5. The molecular weight excluding hydrogens is 348 g/mol. The van der Waals surface area contributed by atoms with E-state index in [-0.39, 0.29) is 17.2 Å². The molecule has 0 aliphatic carbocycles. The van der Waals surface area contributed by atoms with E-state index in [4.69, 9.17) is 33.3 Å². The Kier molecular flexibility index (Phi) is 5.79. The number of nitrogens with one attached hydrogen (secondary N) is 2. The summed E-state index contributed by atoms with van der Waals surface area (Å²) >= 11 is 11.3. The molecule has 126 valence electrons. The van der Waals surface area contributed by atoms with Crippen LogP contribution in [0.4, 0.5) is 5.95 Å². The first-order chi connectivity index (χ1) is 11.7. The average molecular weight is 365 g/mol. The lowest BCUT2D eigenvalue weighted by molar-refractivity contribution is 0.114. The molecular formula is C16H17ClN4O2S. The number of nitrogens with zero attached hydrogens (tertiary/aromatic N) is 2. The molecule has 0 spiro atoms. The molecule has 8 heteroatoms. The second-order valence-electron chi connectivity index (χ2n) is 5.24. The lowest BCUT2D eigenvalue weighted by Crippen LogP contribution is -2.35.